The van der Waals surface area contributed by atoms with E-state index in [0.717, 1.165) is 11.3 Å². The van der Waals surface area contributed by atoms with Crippen molar-refractivity contribution in [1.82, 2.24) is 10.2 Å². The number of nitrogens with one attached hydrogen (secondary N) is 1. The molecule has 2 rings (SSSR count). The summed E-state index contributed by atoms with van der Waals surface area (Å²) in [5, 5.41) is 2.85. The second-order valence-corrected chi connectivity index (χ2v) is 6.08. The topological polar surface area (TPSA) is 50.8 Å². The minimum absolute atomic E-state index is 0.218. The summed E-state index contributed by atoms with van der Waals surface area (Å²) in [6, 6.07) is 12.0. The first kappa shape index (κ1) is 20.6. The Morgan fingerprint density at radius 1 is 1.07 bits per heavy atom. The molecule has 0 saturated heterocycles. The van der Waals surface area contributed by atoms with Gasteiger partial charge in [0.2, 0.25) is 0 Å². The monoisotopic (exact) mass is 374 g/mol. The van der Waals surface area contributed by atoms with Gasteiger partial charge in [0.15, 0.2) is 11.5 Å². The highest BCUT2D eigenvalue weighted by Crippen LogP contribution is 2.28. The number of hydrogen-bond donors (Lipinski definition) is 1. The lowest BCUT2D eigenvalue weighted by Crippen LogP contribution is -2.37. The van der Waals surface area contributed by atoms with Crippen LogP contribution in [0.5, 0.6) is 11.5 Å². The van der Waals surface area contributed by atoms with E-state index < -0.39 is 0 Å². The number of hydrogen-bond acceptors (Lipinski definition) is 3. The number of urea groups is 1. The SMILES string of the molecule is CCOc1ccc(CCNC(=O)N(C)Cc2ccccc2F)cc1OCC. The molecule has 146 valence electrons. The summed E-state index contributed by atoms with van der Waals surface area (Å²) in [7, 11) is 1.64. The van der Waals surface area contributed by atoms with Gasteiger partial charge in [0.05, 0.1) is 13.2 Å². The lowest BCUT2D eigenvalue weighted by atomic mass is 10.1. The highest BCUT2D eigenvalue weighted by atomic mass is 19.1. The quantitative estimate of drug-likeness (QED) is 0.722. The first-order valence-corrected chi connectivity index (χ1v) is 9.16. The largest absolute Gasteiger partial charge is 0.490 e. The summed E-state index contributed by atoms with van der Waals surface area (Å²) in [4.78, 5) is 13.7. The average Bonchev–Trinajstić information content (AvgIpc) is 2.66. The molecule has 6 heteroatoms. The van der Waals surface area contributed by atoms with Crippen LogP contribution in [-0.2, 0) is 13.0 Å². The number of benzene rings is 2. The predicted molar refractivity (Wildman–Crippen MR) is 104 cm³/mol. The second-order valence-electron chi connectivity index (χ2n) is 6.08. The van der Waals surface area contributed by atoms with E-state index >= 15 is 0 Å². The lowest BCUT2D eigenvalue weighted by molar-refractivity contribution is 0.206. The van der Waals surface area contributed by atoms with Crippen LogP contribution in [0.3, 0.4) is 0 Å². The number of carbonyl (C=O) groups excluding carboxylic acids is 1. The Morgan fingerprint density at radius 2 is 1.78 bits per heavy atom. The number of ether oxygens (including phenoxy) is 2. The molecule has 0 spiro atoms. The summed E-state index contributed by atoms with van der Waals surface area (Å²) < 4.78 is 24.9. The van der Waals surface area contributed by atoms with Crippen LogP contribution in [0.1, 0.15) is 25.0 Å². The van der Waals surface area contributed by atoms with E-state index in [2.05, 4.69) is 5.32 Å². The van der Waals surface area contributed by atoms with Gasteiger partial charge in [0, 0.05) is 25.7 Å². The molecule has 5 nitrogen and oxygen atoms in total. The van der Waals surface area contributed by atoms with Crippen molar-refractivity contribution in [3.8, 4) is 11.5 Å². The van der Waals surface area contributed by atoms with Gasteiger partial charge in [-0.05, 0) is 44.0 Å². The maximum Gasteiger partial charge on any atom is 0.317 e. The van der Waals surface area contributed by atoms with E-state index in [4.69, 9.17) is 9.47 Å². The molecule has 0 aromatic heterocycles. The number of halogens is 1. The van der Waals surface area contributed by atoms with Gasteiger partial charge in [0.25, 0.3) is 0 Å². The standard InChI is InChI=1S/C21H27FN2O3/c1-4-26-19-11-10-16(14-20(19)27-5-2)12-13-23-21(25)24(3)15-17-8-6-7-9-18(17)22/h6-11,14H,4-5,12-13,15H2,1-3H3,(H,23,25). The Kier molecular flexibility index (Phi) is 7.92. The molecule has 0 unspecified atom stereocenters. The Morgan fingerprint density at radius 3 is 2.48 bits per heavy atom. The molecule has 0 heterocycles. The van der Waals surface area contributed by atoms with E-state index in [9.17, 15) is 9.18 Å². The fraction of sp³-hybridized carbons (Fsp3) is 0.381. The van der Waals surface area contributed by atoms with Crippen molar-refractivity contribution in [2.24, 2.45) is 0 Å². The fourth-order valence-corrected chi connectivity index (χ4v) is 2.65. The van der Waals surface area contributed by atoms with Crippen molar-refractivity contribution in [3.63, 3.8) is 0 Å². The van der Waals surface area contributed by atoms with Gasteiger partial charge in [-0.25, -0.2) is 9.18 Å². The van der Waals surface area contributed by atoms with Crippen molar-refractivity contribution in [3.05, 3.63) is 59.4 Å². The normalized spacial score (nSPS) is 10.4. The van der Waals surface area contributed by atoms with Gasteiger partial charge in [0.1, 0.15) is 5.82 Å². The van der Waals surface area contributed by atoms with Crippen molar-refractivity contribution < 1.29 is 18.7 Å². The molecule has 1 N–H and O–H groups in total. The third-order valence-electron chi connectivity index (χ3n) is 4.01. The molecule has 27 heavy (non-hydrogen) atoms. The molecule has 0 bridgehead atoms. The third kappa shape index (κ3) is 6.16. The Bertz CT molecular complexity index is 752. The molecule has 0 aliphatic carbocycles. The highest BCUT2D eigenvalue weighted by molar-refractivity contribution is 5.73. The predicted octanol–water partition coefficient (Wildman–Crippen LogP) is 4.01. The molecular formula is C21H27FN2O3. The molecule has 2 amide bonds. The molecule has 0 radical (unpaired) electrons. The average molecular weight is 374 g/mol. The van der Waals surface area contributed by atoms with Gasteiger partial charge in [-0.3, -0.25) is 0 Å². The van der Waals surface area contributed by atoms with E-state index in [1.54, 1.807) is 25.2 Å². The molecule has 2 aromatic carbocycles. The van der Waals surface area contributed by atoms with E-state index in [1.807, 2.05) is 32.0 Å². The van der Waals surface area contributed by atoms with Gasteiger partial charge in [-0.15, -0.1) is 0 Å². The number of rotatable bonds is 9. The number of nitrogens with zero attached hydrogens (tertiary/aromatic N) is 1. The Labute approximate surface area is 160 Å². The Balaban J connectivity index is 1.87. The number of amides is 2. The summed E-state index contributed by atoms with van der Waals surface area (Å²) in [6.45, 7) is 5.67. The molecule has 2 aromatic rings. The third-order valence-corrected chi connectivity index (χ3v) is 4.01. The van der Waals surface area contributed by atoms with Crippen LogP contribution in [0.15, 0.2) is 42.5 Å². The number of carbonyl (C=O) groups is 1. The van der Waals surface area contributed by atoms with Gasteiger partial charge >= 0.3 is 6.03 Å². The van der Waals surface area contributed by atoms with Crippen molar-refractivity contribution in [2.45, 2.75) is 26.8 Å². The first-order valence-electron chi connectivity index (χ1n) is 9.16. The van der Waals surface area contributed by atoms with E-state index in [-0.39, 0.29) is 18.4 Å². The summed E-state index contributed by atoms with van der Waals surface area (Å²) in [5.74, 6) is 1.12. The zero-order valence-corrected chi connectivity index (χ0v) is 16.1. The Hall–Kier alpha value is -2.76. The van der Waals surface area contributed by atoms with Crippen LogP contribution in [0, 0.1) is 5.82 Å². The first-order chi connectivity index (χ1) is 13.0. The molecule has 0 aliphatic heterocycles. The van der Waals surface area contributed by atoms with Crippen LogP contribution in [0.2, 0.25) is 0 Å². The van der Waals surface area contributed by atoms with Crippen LogP contribution in [0.25, 0.3) is 0 Å². The van der Waals surface area contributed by atoms with Crippen molar-refractivity contribution in [2.75, 3.05) is 26.8 Å². The van der Waals surface area contributed by atoms with Crippen LogP contribution < -0.4 is 14.8 Å². The zero-order valence-electron chi connectivity index (χ0n) is 16.1. The van der Waals surface area contributed by atoms with Crippen LogP contribution in [0.4, 0.5) is 9.18 Å². The molecule has 0 atom stereocenters. The molecular weight excluding hydrogens is 347 g/mol. The van der Waals surface area contributed by atoms with Gasteiger partial charge in [-0.2, -0.15) is 0 Å². The fourth-order valence-electron chi connectivity index (χ4n) is 2.65. The van der Waals surface area contributed by atoms with Crippen LogP contribution in [-0.4, -0.2) is 37.7 Å². The molecule has 0 fully saturated rings. The van der Waals surface area contributed by atoms with Crippen molar-refractivity contribution >= 4 is 6.03 Å². The summed E-state index contributed by atoms with van der Waals surface area (Å²) in [6.07, 6.45) is 0.658. The van der Waals surface area contributed by atoms with Gasteiger partial charge < -0.3 is 19.7 Å². The van der Waals surface area contributed by atoms with E-state index in [0.29, 0.717) is 37.5 Å². The van der Waals surface area contributed by atoms with E-state index in [1.165, 1.54) is 11.0 Å². The lowest BCUT2D eigenvalue weighted by Gasteiger charge is -2.18. The molecule has 0 saturated carbocycles. The minimum Gasteiger partial charge on any atom is -0.490 e. The maximum absolute atomic E-state index is 13.7. The maximum atomic E-state index is 13.7. The van der Waals surface area contributed by atoms with Gasteiger partial charge in [-0.1, -0.05) is 24.3 Å². The summed E-state index contributed by atoms with van der Waals surface area (Å²) >= 11 is 0. The zero-order chi connectivity index (χ0) is 19.6. The second kappa shape index (κ2) is 10.4. The molecule has 0 aliphatic rings. The smallest absolute Gasteiger partial charge is 0.317 e. The van der Waals surface area contributed by atoms with Crippen LogP contribution >= 0.6 is 0 Å². The van der Waals surface area contributed by atoms with Crippen molar-refractivity contribution in [1.29, 1.82) is 0 Å². The highest BCUT2D eigenvalue weighted by Gasteiger charge is 2.11. The summed E-state index contributed by atoms with van der Waals surface area (Å²) in [5.41, 5.74) is 1.53. The minimum atomic E-state index is -0.310.